The summed E-state index contributed by atoms with van der Waals surface area (Å²) in [4.78, 5) is 21.8. The molecule has 0 atom stereocenters. The first-order valence-corrected chi connectivity index (χ1v) is 8.58. The highest BCUT2D eigenvalue weighted by Gasteiger charge is 2.20. The lowest BCUT2D eigenvalue weighted by Gasteiger charge is -2.06. The first kappa shape index (κ1) is 16.3. The van der Waals surface area contributed by atoms with Crippen LogP contribution in [0, 0.1) is 13.8 Å². The molecule has 0 saturated heterocycles. The standard InChI is InChI=1S/C21H20N4O/c1-14-4-7-16(8-5-14)20-17(12-18(26)21-22-10-11-24(21)3)25-13-15(2)6-9-19(25)23-20/h4-11,13H,12H2,1-3H3. The average molecular weight is 344 g/mol. The summed E-state index contributed by atoms with van der Waals surface area (Å²) < 4.78 is 3.77. The second-order valence-corrected chi connectivity index (χ2v) is 6.67. The molecule has 5 heteroatoms. The van der Waals surface area contributed by atoms with E-state index in [0.29, 0.717) is 5.82 Å². The van der Waals surface area contributed by atoms with Gasteiger partial charge in [0.15, 0.2) is 5.82 Å². The zero-order valence-corrected chi connectivity index (χ0v) is 15.1. The third-order valence-electron chi connectivity index (χ3n) is 4.59. The van der Waals surface area contributed by atoms with Crippen molar-refractivity contribution in [2.24, 2.45) is 7.05 Å². The number of hydrogen-bond acceptors (Lipinski definition) is 3. The molecule has 0 aliphatic carbocycles. The molecule has 0 spiro atoms. The molecule has 0 aliphatic rings. The smallest absolute Gasteiger partial charge is 0.204 e. The molecule has 4 rings (SSSR count). The predicted octanol–water partition coefficient (Wildman–Crippen LogP) is 3.78. The maximum atomic E-state index is 12.8. The average Bonchev–Trinajstić information content (AvgIpc) is 3.20. The number of rotatable bonds is 4. The number of fused-ring (bicyclic) bond motifs is 1. The van der Waals surface area contributed by atoms with Gasteiger partial charge in [-0.05, 0) is 25.5 Å². The van der Waals surface area contributed by atoms with Gasteiger partial charge in [-0.15, -0.1) is 0 Å². The van der Waals surface area contributed by atoms with Crippen molar-refractivity contribution in [1.82, 2.24) is 18.9 Å². The van der Waals surface area contributed by atoms with Crippen LogP contribution in [0.2, 0.25) is 0 Å². The van der Waals surface area contributed by atoms with Gasteiger partial charge in [-0.2, -0.15) is 0 Å². The summed E-state index contributed by atoms with van der Waals surface area (Å²) >= 11 is 0. The van der Waals surface area contributed by atoms with Gasteiger partial charge in [0.05, 0.1) is 17.8 Å². The van der Waals surface area contributed by atoms with E-state index in [4.69, 9.17) is 4.98 Å². The Morgan fingerprint density at radius 1 is 1.04 bits per heavy atom. The Bertz CT molecular complexity index is 1100. The molecule has 0 fully saturated rings. The van der Waals surface area contributed by atoms with E-state index >= 15 is 0 Å². The first-order valence-electron chi connectivity index (χ1n) is 8.58. The molecule has 0 radical (unpaired) electrons. The number of benzene rings is 1. The van der Waals surface area contributed by atoms with Gasteiger partial charge in [0, 0.05) is 31.2 Å². The van der Waals surface area contributed by atoms with Crippen molar-refractivity contribution in [3.05, 3.63) is 77.6 Å². The minimum atomic E-state index is -0.0193. The molecule has 0 aliphatic heterocycles. The summed E-state index contributed by atoms with van der Waals surface area (Å²) in [7, 11) is 1.83. The topological polar surface area (TPSA) is 52.2 Å². The highest BCUT2D eigenvalue weighted by atomic mass is 16.1. The van der Waals surface area contributed by atoms with Gasteiger partial charge in [-0.1, -0.05) is 35.9 Å². The van der Waals surface area contributed by atoms with Gasteiger partial charge in [0.25, 0.3) is 0 Å². The molecule has 3 heterocycles. The molecule has 0 unspecified atom stereocenters. The molecule has 0 bridgehead atoms. The van der Waals surface area contributed by atoms with Crippen LogP contribution in [0.15, 0.2) is 55.0 Å². The van der Waals surface area contributed by atoms with Gasteiger partial charge in [0.1, 0.15) is 5.65 Å². The van der Waals surface area contributed by atoms with Crippen LogP contribution in [0.1, 0.15) is 27.4 Å². The van der Waals surface area contributed by atoms with Crippen LogP contribution in [-0.2, 0) is 13.5 Å². The highest BCUT2D eigenvalue weighted by molar-refractivity contribution is 5.95. The molecule has 1 aromatic carbocycles. The van der Waals surface area contributed by atoms with E-state index in [9.17, 15) is 4.79 Å². The zero-order chi connectivity index (χ0) is 18.3. The van der Waals surface area contributed by atoms with Crippen LogP contribution < -0.4 is 0 Å². The van der Waals surface area contributed by atoms with Crippen molar-refractivity contribution in [3.63, 3.8) is 0 Å². The Morgan fingerprint density at radius 2 is 1.77 bits per heavy atom. The van der Waals surface area contributed by atoms with Gasteiger partial charge >= 0.3 is 0 Å². The van der Waals surface area contributed by atoms with E-state index < -0.39 is 0 Å². The van der Waals surface area contributed by atoms with Gasteiger partial charge < -0.3 is 8.97 Å². The number of aromatic nitrogens is 4. The maximum absolute atomic E-state index is 12.8. The van der Waals surface area contributed by atoms with Crippen LogP contribution >= 0.6 is 0 Å². The molecule has 4 aromatic rings. The number of imidazole rings is 2. The van der Waals surface area contributed by atoms with Crippen molar-refractivity contribution >= 4 is 11.4 Å². The van der Waals surface area contributed by atoms with Crippen molar-refractivity contribution in [3.8, 4) is 11.3 Å². The Kier molecular flexibility index (Phi) is 3.92. The molecule has 0 N–H and O–H groups in total. The molecule has 3 aromatic heterocycles. The molecule has 26 heavy (non-hydrogen) atoms. The van der Waals surface area contributed by atoms with E-state index in [-0.39, 0.29) is 12.2 Å². The third-order valence-corrected chi connectivity index (χ3v) is 4.59. The van der Waals surface area contributed by atoms with E-state index in [1.54, 1.807) is 17.0 Å². The molecule has 0 amide bonds. The van der Waals surface area contributed by atoms with Crippen LogP contribution in [-0.4, -0.2) is 24.7 Å². The number of Topliss-reactive ketones (excluding diaryl/α,β-unsaturated/α-hetero) is 1. The Hall–Kier alpha value is -3.21. The van der Waals surface area contributed by atoms with Crippen LogP contribution in [0.4, 0.5) is 0 Å². The second-order valence-electron chi connectivity index (χ2n) is 6.67. The number of aryl methyl sites for hydroxylation is 3. The number of nitrogens with zero attached hydrogens (tertiary/aromatic N) is 4. The predicted molar refractivity (Wildman–Crippen MR) is 101 cm³/mol. The summed E-state index contributed by atoms with van der Waals surface area (Å²) in [5, 5.41) is 0. The summed E-state index contributed by atoms with van der Waals surface area (Å²) in [5.41, 5.74) is 5.90. The number of carbonyl (C=O) groups excluding carboxylic acids is 1. The van der Waals surface area contributed by atoms with Crippen molar-refractivity contribution in [2.75, 3.05) is 0 Å². The Morgan fingerprint density at radius 3 is 2.46 bits per heavy atom. The third kappa shape index (κ3) is 2.81. The first-order chi connectivity index (χ1) is 12.5. The molecular formula is C21H20N4O. The largest absolute Gasteiger partial charge is 0.332 e. The van der Waals surface area contributed by atoms with E-state index in [0.717, 1.165) is 28.2 Å². The molecule has 5 nitrogen and oxygen atoms in total. The monoisotopic (exact) mass is 344 g/mol. The van der Waals surface area contributed by atoms with Crippen LogP contribution in [0.25, 0.3) is 16.9 Å². The summed E-state index contributed by atoms with van der Waals surface area (Å²) in [6, 6.07) is 12.3. The number of hydrogen-bond donors (Lipinski definition) is 0. The van der Waals surface area contributed by atoms with Crippen molar-refractivity contribution < 1.29 is 4.79 Å². The zero-order valence-electron chi connectivity index (χ0n) is 15.1. The lowest BCUT2D eigenvalue weighted by molar-refractivity contribution is 0.0979. The minimum absolute atomic E-state index is 0.0193. The minimum Gasteiger partial charge on any atom is -0.332 e. The quantitative estimate of drug-likeness (QED) is 0.530. The molecule has 130 valence electrons. The Balaban J connectivity index is 1.86. The highest BCUT2D eigenvalue weighted by Crippen LogP contribution is 2.26. The van der Waals surface area contributed by atoms with E-state index in [2.05, 4.69) is 36.2 Å². The second kappa shape index (κ2) is 6.26. The van der Waals surface area contributed by atoms with Gasteiger partial charge in [0.2, 0.25) is 5.78 Å². The van der Waals surface area contributed by atoms with Gasteiger partial charge in [-0.25, -0.2) is 9.97 Å². The van der Waals surface area contributed by atoms with E-state index in [1.807, 2.05) is 36.7 Å². The number of ketones is 1. The van der Waals surface area contributed by atoms with Crippen molar-refractivity contribution in [2.45, 2.75) is 20.3 Å². The lowest BCUT2D eigenvalue weighted by atomic mass is 10.1. The number of pyridine rings is 1. The fourth-order valence-electron chi connectivity index (χ4n) is 3.18. The fourth-order valence-corrected chi connectivity index (χ4v) is 3.18. The normalized spacial score (nSPS) is 11.2. The SMILES string of the molecule is Cc1ccc(-c2nc3ccc(C)cn3c2CC(=O)c2nccn2C)cc1. The Labute approximate surface area is 152 Å². The summed E-state index contributed by atoms with van der Waals surface area (Å²) in [6.07, 6.45) is 5.71. The van der Waals surface area contributed by atoms with E-state index in [1.165, 1.54) is 5.56 Å². The lowest BCUT2D eigenvalue weighted by Crippen LogP contribution is -2.12. The van der Waals surface area contributed by atoms with Crippen LogP contribution in [0.5, 0.6) is 0 Å². The van der Waals surface area contributed by atoms with Gasteiger partial charge in [-0.3, -0.25) is 4.79 Å². The van der Waals surface area contributed by atoms with Crippen molar-refractivity contribution in [1.29, 1.82) is 0 Å². The number of carbonyl (C=O) groups is 1. The van der Waals surface area contributed by atoms with Crippen LogP contribution in [0.3, 0.4) is 0 Å². The maximum Gasteiger partial charge on any atom is 0.204 e. The summed E-state index contributed by atoms with van der Waals surface area (Å²) in [5.74, 6) is 0.441. The molecule has 0 saturated carbocycles. The molecular weight excluding hydrogens is 324 g/mol. The summed E-state index contributed by atoms with van der Waals surface area (Å²) in [6.45, 7) is 4.09. The fraction of sp³-hybridized carbons (Fsp3) is 0.190.